The van der Waals surface area contributed by atoms with E-state index in [2.05, 4.69) is 36.6 Å². The number of hydrazone groups is 1. The number of hydrogen-bond acceptors (Lipinski definition) is 5. The topological polar surface area (TPSA) is 86.7 Å². The molecule has 0 fully saturated rings. The number of aryl methyl sites for hydroxylation is 2. The van der Waals surface area contributed by atoms with Crippen LogP contribution < -0.4 is 15.6 Å². The molecule has 31 heavy (non-hydrogen) atoms. The van der Waals surface area contributed by atoms with Crippen molar-refractivity contribution in [2.24, 2.45) is 5.10 Å². The van der Waals surface area contributed by atoms with Gasteiger partial charge in [-0.2, -0.15) is 5.10 Å². The number of carbonyl (C=O) groups excluding carboxylic acids is 2. The summed E-state index contributed by atoms with van der Waals surface area (Å²) in [6.07, 6.45) is 1.66. The summed E-state index contributed by atoms with van der Waals surface area (Å²) < 4.78 is 0. The van der Waals surface area contributed by atoms with Gasteiger partial charge in [0, 0.05) is 28.3 Å². The molecule has 1 aromatic carbocycles. The minimum Gasteiger partial charge on any atom is -0.350 e. The molecule has 7 nitrogen and oxygen atoms in total. The van der Waals surface area contributed by atoms with E-state index in [0.29, 0.717) is 33.0 Å². The standard InChI is InChI=1S/C22H27BrClN5O2/c1-13(2)26-22(31)18-10-17(24)9-15(4)20(18)27-19(30)12-29(28-16(5)11-23)21-14(3)7-6-8-25-21/h6-10,13H,11-12H2,1-5H3,(H,26,31)(H,27,30)/b28-16+. The van der Waals surface area contributed by atoms with Gasteiger partial charge in [-0.1, -0.05) is 33.6 Å². The van der Waals surface area contributed by atoms with Crippen LogP contribution in [0.3, 0.4) is 0 Å². The number of anilines is 2. The molecule has 1 heterocycles. The van der Waals surface area contributed by atoms with Gasteiger partial charge in [0.1, 0.15) is 6.54 Å². The summed E-state index contributed by atoms with van der Waals surface area (Å²) in [5.74, 6) is -0.0507. The van der Waals surface area contributed by atoms with Gasteiger partial charge in [0.2, 0.25) is 5.91 Å². The Hall–Kier alpha value is -2.45. The Bertz CT molecular complexity index is 994. The lowest BCUT2D eigenvalue weighted by atomic mass is 10.1. The molecule has 0 radical (unpaired) electrons. The van der Waals surface area contributed by atoms with Crippen LogP contribution in [0.1, 0.15) is 42.3 Å². The first-order chi connectivity index (χ1) is 14.6. The van der Waals surface area contributed by atoms with Crippen molar-refractivity contribution in [2.75, 3.05) is 22.2 Å². The minimum absolute atomic E-state index is 0.0560. The van der Waals surface area contributed by atoms with E-state index in [1.165, 1.54) is 0 Å². The second-order valence-corrected chi connectivity index (χ2v) is 8.49. The zero-order valence-electron chi connectivity index (χ0n) is 18.3. The third-order valence-corrected chi connectivity index (χ3v) is 5.26. The van der Waals surface area contributed by atoms with Crippen molar-refractivity contribution >= 4 is 56.6 Å². The molecule has 9 heteroatoms. The lowest BCUT2D eigenvalue weighted by Crippen LogP contribution is -2.34. The fraction of sp³-hybridized carbons (Fsp3) is 0.364. The zero-order chi connectivity index (χ0) is 23.1. The average molecular weight is 509 g/mol. The number of aromatic nitrogens is 1. The normalized spacial score (nSPS) is 11.4. The minimum atomic E-state index is -0.333. The van der Waals surface area contributed by atoms with Crippen LogP contribution in [0.5, 0.6) is 0 Å². The number of amides is 2. The highest BCUT2D eigenvalue weighted by molar-refractivity contribution is 9.09. The second-order valence-electron chi connectivity index (χ2n) is 7.49. The Morgan fingerprint density at radius 1 is 1.26 bits per heavy atom. The van der Waals surface area contributed by atoms with Gasteiger partial charge >= 0.3 is 0 Å². The average Bonchev–Trinajstić information content (AvgIpc) is 2.69. The maximum atomic E-state index is 13.0. The van der Waals surface area contributed by atoms with E-state index in [1.54, 1.807) is 30.3 Å². The Balaban J connectivity index is 2.35. The van der Waals surface area contributed by atoms with Crippen LogP contribution in [-0.4, -0.2) is 40.4 Å². The third kappa shape index (κ3) is 7.04. The molecule has 2 rings (SSSR count). The highest BCUT2D eigenvalue weighted by Gasteiger charge is 2.20. The van der Waals surface area contributed by atoms with Gasteiger partial charge in [0.05, 0.1) is 11.3 Å². The van der Waals surface area contributed by atoms with E-state index >= 15 is 0 Å². The highest BCUT2D eigenvalue weighted by Crippen LogP contribution is 2.26. The van der Waals surface area contributed by atoms with Crippen LogP contribution in [0.4, 0.5) is 11.5 Å². The molecule has 2 aromatic rings. The summed E-state index contributed by atoms with van der Waals surface area (Å²) in [7, 11) is 0. The second kappa shape index (κ2) is 11.2. The Kier molecular flexibility index (Phi) is 9.00. The zero-order valence-corrected chi connectivity index (χ0v) is 20.6. The van der Waals surface area contributed by atoms with Crippen molar-refractivity contribution < 1.29 is 9.59 Å². The highest BCUT2D eigenvalue weighted by atomic mass is 79.9. The summed E-state index contributed by atoms with van der Waals surface area (Å²) in [4.78, 5) is 30.0. The Morgan fingerprint density at radius 3 is 2.58 bits per heavy atom. The van der Waals surface area contributed by atoms with Gasteiger partial charge in [-0.3, -0.25) is 9.59 Å². The van der Waals surface area contributed by atoms with Crippen molar-refractivity contribution in [1.29, 1.82) is 0 Å². The number of hydrogen-bond donors (Lipinski definition) is 2. The predicted molar refractivity (Wildman–Crippen MR) is 131 cm³/mol. The maximum Gasteiger partial charge on any atom is 0.253 e. The molecule has 2 amide bonds. The first-order valence-electron chi connectivity index (χ1n) is 9.82. The molecule has 1 aromatic heterocycles. The van der Waals surface area contributed by atoms with Crippen molar-refractivity contribution in [3.63, 3.8) is 0 Å². The molecule has 0 spiro atoms. The number of rotatable bonds is 8. The molecule has 0 saturated carbocycles. The van der Waals surface area contributed by atoms with Gasteiger partial charge in [0.25, 0.3) is 5.91 Å². The van der Waals surface area contributed by atoms with Gasteiger partial charge in [-0.05, 0) is 63.9 Å². The van der Waals surface area contributed by atoms with Crippen molar-refractivity contribution in [3.05, 3.63) is 52.2 Å². The summed E-state index contributed by atoms with van der Waals surface area (Å²) in [5.41, 5.74) is 3.10. The lowest BCUT2D eigenvalue weighted by Gasteiger charge is -2.21. The third-order valence-electron chi connectivity index (χ3n) is 4.23. The molecule has 166 valence electrons. The fourth-order valence-corrected chi connectivity index (χ4v) is 3.27. The van der Waals surface area contributed by atoms with E-state index in [-0.39, 0.29) is 24.4 Å². The van der Waals surface area contributed by atoms with Gasteiger partial charge in [-0.15, -0.1) is 0 Å². The van der Waals surface area contributed by atoms with E-state index < -0.39 is 0 Å². The molecule has 0 unspecified atom stereocenters. The Labute approximate surface area is 196 Å². The molecule has 0 aliphatic rings. The monoisotopic (exact) mass is 507 g/mol. The van der Waals surface area contributed by atoms with Crippen molar-refractivity contribution in [1.82, 2.24) is 10.3 Å². The number of benzene rings is 1. The molecular formula is C22H27BrClN5O2. The summed E-state index contributed by atoms with van der Waals surface area (Å²) in [5, 5.41) is 12.8. The number of pyridine rings is 1. The predicted octanol–water partition coefficient (Wildman–Crippen LogP) is 4.71. The van der Waals surface area contributed by atoms with E-state index in [9.17, 15) is 9.59 Å². The van der Waals surface area contributed by atoms with Crippen LogP contribution in [-0.2, 0) is 4.79 Å². The molecule has 0 aliphatic heterocycles. The van der Waals surface area contributed by atoms with Crippen LogP contribution in [0.15, 0.2) is 35.6 Å². The number of halogens is 2. The van der Waals surface area contributed by atoms with E-state index in [4.69, 9.17) is 11.6 Å². The van der Waals surface area contributed by atoms with Gasteiger partial charge < -0.3 is 10.6 Å². The fourth-order valence-electron chi connectivity index (χ4n) is 2.88. The maximum absolute atomic E-state index is 13.0. The van der Waals surface area contributed by atoms with Crippen LogP contribution >= 0.6 is 27.5 Å². The lowest BCUT2D eigenvalue weighted by molar-refractivity contribution is -0.115. The van der Waals surface area contributed by atoms with E-state index in [0.717, 1.165) is 11.3 Å². The summed E-state index contributed by atoms with van der Waals surface area (Å²) in [6.45, 7) is 9.21. The van der Waals surface area contributed by atoms with Crippen molar-refractivity contribution in [3.8, 4) is 0 Å². The van der Waals surface area contributed by atoms with E-state index in [1.807, 2.05) is 39.8 Å². The Morgan fingerprint density at radius 2 is 1.97 bits per heavy atom. The first-order valence-corrected chi connectivity index (χ1v) is 11.3. The SMILES string of the molecule is C/C(CBr)=N\N(CC(=O)Nc1c(C)cc(Cl)cc1C(=O)NC(C)C)c1ncccc1C. The van der Waals surface area contributed by atoms with Gasteiger partial charge in [-0.25, -0.2) is 9.99 Å². The summed E-state index contributed by atoms with van der Waals surface area (Å²) >= 11 is 9.54. The smallest absolute Gasteiger partial charge is 0.253 e. The number of nitrogens with zero attached hydrogens (tertiary/aromatic N) is 3. The molecule has 0 saturated heterocycles. The molecule has 2 N–H and O–H groups in total. The first kappa shape index (κ1) is 24.8. The summed E-state index contributed by atoms with van der Waals surface area (Å²) in [6, 6.07) is 6.94. The van der Waals surface area contributed by atoms with Gasteiger partial charge in [0.15, 0.2) is 5.82 Å². The van der Waals surface area contributed by atoms with Crippen LogP contribution in [0, 0.1) is 13.8 Å². The van der Waals surface area contributed by atoms with Crippen molar-refractivity contribution in [2.45, 2.75) is 40.7 Å². The number of nitrogens with one attached hydrogen (secondary N) is 2. The number of alkyl halides is 1. The molecule has 0 bridgehead atoms. The quantitative estimate of drug-likeness (QED) is 0.307. The number of carbonyl (C=O) groups is 2. The molecule has 0 atom stereocenters. The van der Waals surface area contributed by atoms with Crippen LogP contribution in [0.25, 0.3) is 0 Å². The molecule has 0 aliphatic carbocycles. The van der Waals surface area contributed by atoms with Crippen LogP contribution in [0.2, 0.25) is 5.02 Å². The molecular weight excluding hydrogens is 482 g/mol. The largest absolute Gasteiger partial charge is 0.350 e.